The fourth-order valence-electron chi connectivity index (χ4n) is 2.46. The molecule has 2 heterocycles. The Morgan fingerprint density at radius 3 is 2.52 bits per heavy atom. The molecule has 2 N–H and O–H groups in total. The maximum Gasteiger partial charge on any atom is 0.288 e. The summed E-state index contributed by atoms with van der Waals surface area (Å²) >= 11 is 2.87. The number of benzene rings is 2. The summed E-state index contributed by atoms with van der Waals surface area (Å²) < 4.78 is 1.89. The van der Waals surface area contributed by atoms with Crippen molar-refractivity contribution in [2.75, 3.05) is 5.75 Å². The van der Waals surface area contributed by atoms with Gasteiger partial charge in [0.25, 0.3) is 5.91 Å². The number of amides is 2. The molecule has 27 heavy (non-hydrogen) atoms. The Bertz CT molecular complexity index is 1110. The number of nitrogens with one attached hydrogen (secondary N) is 2. The molecule has 0 bridgehead atoms. The van der Waals surface area contributed by atoms with Gasteiger partial charge in [-0.1, -0.05) is 48.2 Å². The normalized spacial score (nSPS) is 10.8. The lowest BCUT2D eigenvalue weighted by Crippen LogP contribution is -2.42. The van der Waals surface area contributed by atoms with Crippen LogP contribution >= 0.6 is 23.1 Å². The Morgan fingerprint density at radius 2 is 1.67 bits per heavy atom. The van der Waals surface area contributed by atoms with Crippen LogP contribution in [0.1, 0.15) is 10.5 Å². The van der Waals surface area contributed by atoms with E-state index in [2.05, 4.69) is 20.8 Å². The van der Waals surface area contributed by atoms with E-state index in [0.717, 1.165) is 25.5 Å². The molecule has 134 valence electrons. The van der Waals surface area contributed by atoms with Crippen molar-refractivity contribution in [2.24, 2.45) is 0 Å². The summed E-state index contributed by atoms with van der Waals surface area (Å²) in [5.74, 6) is -0.613. The molecule has 0 spiro atoms. The second kappa shape index (κ2) is 7.73. The Hall–Kier alpha value is -2.97. The average molecular weight is 394 g/mol. The largest absolute Gasteiger partial charge is 0.288 e. The van der Waals surface area contributed by atoms with Crippen LogP contribution in [0.5, 0.6) is 0 Å². The minimum Gasteiger partial charge on any atom is -0.272 e. The molecule has 0 aliphatic rings. The zero-order chi connectivity index (χ0) is 18.6. The highest BCUT2D eigenvalue weighted by Gasteiger charge is 2.11. The van der Waals surface area contributed by atoms with Gasteiger partial charge in [-0.05, 0) is 24.3 Å². The van der Waals surface area contributed by atoms with Crippen molar-refractivity contribution < 1.29 is 9.59 Å². The van der Waals surface area contributed by atoms with Crippen molar-refractivity contribution in [3.8, 4) is 0 Å². The lowest BCUT2D eigenvalue weighted by Gasteiger charge is -2.07. The topological polar surface area (TPSA) is 84.0 Å². The van der Waals surface area contributed by atoms with Gasteiger partial charge in [0.2, 0.25) is 5.91 Å². The Labute approximate surface area is 163 Å². The lowest BCUT2D eigenvalue weighted by atomic mass is 10.2. The monoisotopic (exact) mass is 394 g/mol. The highest BCUT2D eigenvalue weighted by atomic mass is 32.2. The van der Waals surface area contributed by atoms with Crippen LogP contribution < -0.4 is 10.9 Å². The number of nitrogens with zero attached hydrogens (tertiary/aromatic N) is 2. The summed E-state index contributed by atoms with van der Waals surface area (Å²) in [4.78, 5) is 32.9. The smallest absolute Gasteiger partial charge is 0.272 e. The van der Waals surface area contributed by atoms with Crippen LogP contribution in [0.4, 0.5) is 0 Å². The molecule has 0 fully saturated rings. The van der Waals surface area contributed by atoms with E-state index in [-0.39, 0.29) is 17.4 Å². The van der Waals surface area contributed by atoms with Gasteiger partial charge in [-0.2, -0.15) is 0 Å². The quantitative estimate of drug-likeness (QED) is 0.409. The molecule has 0 saturated heterocycles. The number of hydrazine groups is 1. The van der Waals surface area contributed by atoms with E-state index in [1.165, 1.54) is 23.1 Å². The molecule has 4 rings (SSSR count). The summed E-state index contributed by atoms with van der Waals surface area (Å²) in [6.45, 7) is 0. The Balaban J connectivity index is 1.32. The van der Waals surface area contributed by atoms with Gasteiger partial charge >= 0.3 is 0 Å². The van der Waals surface area contributed by atoms with Crippen LogP contribution in [0.25, 0.3) is 21.1 Å². The number of pyridine rings is 1. The molecule has 0 radical (unpaired) electrons. The Kier molecular flexibility index (Phi) is 4.99. The zero-order valence-electron chi connectivity index (χ0n) is 14.0. The second-order valence-electron chi connectivity index (χ2n) is 5.63. The van der Waals surface area contributed by atoms with Crippen LogP contribution in [-0.2, 0) is 4.79 Å². The molecule has 2 aromatic carbocycles. The molecular weight excluding hydrogens is 380 g/mol. The third-order valence-corrected chi connectivity index (χ3v) is 5.93. The van der Waals surface area contributed by atoms with Crippen molar-refractivity contribution in [1.82, 2.24) is 20.8 Å². The van der Waals surface area contributed by atoms with Crippen molar-refractivity contribution >= 4 is 56.0 Å². The van der Waals surface area contributed by atoms with Gasteiger partial charge in [0.15, 0.2) is 4.34 Å². The molecule has 4 aromatic rings. The maximum atomic E-state index is 12.2. The van der Waals surface area contributed by atoms with Crippen LogP contribution in [0, 0.1) is 0 Å². The number of hydrogen-bond donors (Lipinski definition) is 2. The average Bonchev–Trinajstić information content (AvgIpc) is 3.13. The van der Waals surface area contributed by atoms with Gasteiger partial charge in [-0.3, -0.25) is 20.4 Å². The first kappa shape index (κ1) is 17.4. The van der Waals surface area contributed by atoms with E-state index in [9.17, 15) is 9.59 Å². The lowest BCUT2D eigenvalue weighted by molar-refractivity contribution is -0.119. The van der Waals surface area contributed by atoms with Crippen molar-refractivity contribution in [1.29, 1.82) is 0 Å². The molecule has 0 aliphatic carbocycles. The highest BCUT2D eigenvalue weighted by molar-refractivity contribution is 8.01. The van der Waals surface area contributed by atoms with E-state index in [0.29, 0.717) is 0 Å². The first-order valence-corrected chi connectivity index (χ1v) is 9.92. The molecule has 6 nitrogen and oxygen atoms in total. The van der Waals surface area contributed by atoms with Crippen molar-refractivity contribution in [2.45, 2.75) is 4.34 Å². The number of para-hydroxylation sites is 2. The van der Waals surface area contributed by atoms with Crippen LogP contribution in [0.2, 0.25) is 0 Å². The van der Waals surface area contributed by atoms with E-state index in [4.69, 9.17) is 0 Å². The number of aromatic nitrogens is 2. The molecular formula is C19H14N4O2S2. The molecule has 0 unspecified atom stereocenters. The molecule has 0 aliphatic heterocycles. The number of carbonyl (C=O) groups excluding carboxylic acids is 2. The van der Waals surface area contributed by atoms with Crippen molar-refractivity contribution in [3.05, 3.63) is 66.4 Å². The molecule has 0 saturated carbocycles. The number of carbonyl (C=O) groups is 2. The fourth-order valence-corrected chi connectivity index (χ4v) is 4.33. The van der Waals surface area contributed by atoms with Crippen LogP contribution in [-0.4, -0.2) is 27.5 Å². The van der Waals surface area contributed by atoms with Gasteiger partial charge < -0.3 is 0 Å². The molecule has 8 heteroatoms. The third kappa shape index (κ3) is 4.07. The summed E-state index contributed by atoms with van der Waals surface area (Å²) in [5, 5.41) is 0.949. The van der Waals surface area contributed by atoms with E-state index in [1.54, 1.807) is 6.07 Å². The number of thioether (sulfide) groups is 1. The van der Waals surface area contributed by atoms with E-state index < -0.39 is 5.91 Å². The molecule has 2 aromatic heterocycles. The Morgan fingerprint density at radius 1 is 0.889 bits per heavy atom. The number of fused-ring (bicyclic) bond motifs is 2. The summed E-state index contributed by atoms with van der Waals surface area (Å²) in [6, 6.07) is 18.8. The van der Waals surface area contributed by atoms with Gasteiger partial charge in [0, 0.05) is 5.39 Å². The number of rotatable bonds is 4. The van der Waals surface area contributed by atoms with Crippen LogP contribution in [0.3, 0.4) is 0 Å². The van der Waals surface area contributed by atoms with Crippen molar-refractivity contribution in [3.63, 3.8) is 0 Å². The predicted octanol–water partition coefficient (Wildman–Crippen LogP) is 3.40. The zero-order valence-corrected chi connectivity index (χ0v) is 15.6. The minimum atomic E-state index is -0.459. The maximum absolute atomic E-state index is 12.2. The summed E-state index contributed by atoms with van der Waals surface area (Å²) in [5.41, 5.74) is 6.69. The van der Waals surface area contributed by atoms with Gasteiger partial charge in [-0.25, -0.2) is 9.97 Å². The third-order valence-electron chi connectivity index (χ3n) is 3.75. The summed E-state index contributed by atoms with van der Waals surface area (Å²) in [7, 11) is 0. The second-order valence-corrected chi connectivity index (χ2v) is 7.88. The minimum absolute atomic E-state index is 0.158. The standard InChI is InChI=1S/C19H14N4O2S2/c24-17(11-26-19-21-14-7-3-4-8-16(14)27-19)22-23-18(25)15-10-9-12-5-1-2-6-13(12)20-15/h1-10H,11H2,(H,22,24)(H,23,25). The van der Waals surface area contributed by atoms with Crippen LogP contribution in [0.15, 0.2) is 65.0 Å². The van der Waals surface area contributed by atoms with Gasteiger partial charge in [0.1, 0.15) is 5.69 Å². The number of hydrogen-bond acceptors (Lipinski definition) is 6. The highest BCUT2D eigenvalue weighted by Crippen LogP contribution is 2.28. The predicted molar refractivity (Wildman–Crippen MR) is 108 cm³/mol. The molecule has 2 amide bonds. The SMILES string of the molecule is O=C(CSc1nc2ccccc2s1)NNC(=O)c1ccc2ccccc2n1. The fraction of sp³-hybridized carbons (Fsp3) is 0.0526. The first-order valence-electron chi connectivity index (χ1n) is 8.12. The van der Waals surface area contributed by atoms with Gasteiger partial charge in [0.05, 0.1) is 21.5 Å². The van der Waals surface area contributed by atoms with Gasteiger partial charge in [-0.15, -0.1) is 11.3 Å². The number of thiazole rings is 1. The van der Waals surface area contributed by atoms with E-state index in [1.807, 2.05) is 54.6 Å². The molecule has 0 atom stereocenters. The first-order chi connectivity index (χ1) is 13.2. The summed E-state index contributed by atoms with van der Waals surface area (Å²) in [6.07, 6.45) is 0. The van der Waals surface area contributed by atoms with E-state index >= 15 is 0 Å².